The van der Waals surface area contributed by atoms with E-state index in [0.29, 0.717) is 5.41 Å². The molecular weight excluding hydrogens is 208 g/mol. The van der Waals surface area contributed by atoms with Crippen molar-refractivity contribution in [3.05, 3.63) is 0 Å². The van der Waals surface area contributed by atoms with Crippen LogP contribution in [0.5, 0.6) is 0 Å². The van der Waals surface area contributed by atoms with E-state index in [2.05, 4.69) is 0 Å². The second-order valence-corrected chi connectivity index (χ2v) is 7.79. The quantitative estimate of drug-likeness (QED) is 0.729. The fourth-order valence-corrected chi connectivity index (χ4v) is 6.35. The Hall–Kier alpha value is -0.0400. The Labute approximate surface area is 105 Å². The molecule has 0 aliphatic heterocycles. The summed E-state index contributed by atoms with van der Waals surface area (Å²) >= 11 is 0. The summed E-state index contributed by atoms with van der Waals surface area (Å²) in [6, 6.07) is 0. The molecule has 17 heavy (non-hydrogen) atoms. The Bertz CT molecular complexity index is 278. The van der Waals surface area contributed by atoms with Crippen LogP contribution in [0.3, 0.4) is 0 Å². The molecule has 1 N–H and O–H groups in total. The van der Waals surface area contributed by atoms with E-state index in [4.69, 9.17) is 0 Å². The number of hydrogen-bond donors (Lipinski definition) is 1. The molecule has 5 fully saturated rings. The molecule has 4 bridgehead atoms. The van der Waals surface area contributed by atoms with E-state index in [-0.39, 0.29) is 5.60 Å². The minimum absolute atomic E-state index is 0.263. The van der Waals surface area contributed by atoms with Gasteiger partial charge >= 0.3 is 0 Å². The zero-order chi connectivity index (χ0) is 11.5. The summed E-state index contributed by atoms with van der Waals surface area (Å²) in [5.41, 5.74) is 0.101. The molecule has 0 radical (unpaired) electrons. The van der Waals surface area contributed by atoms with E-state index in [1.165, 1.54) is 57.8 Å². The molecule has 0 saturated heterocycles. The van der Waals surface area contributed by atoms with Gasteiger partial charge in [0.2, 0.25) is 0 Å². The van der Waals surface area contributed by atoms with E-state index in [0.717, 1.165) is 30.6 Å². The van der Waals surface area contributed by atoms with Gasteiger partial charge in [-0.1, -0.05) is 19.3 Å². The second-order valence-electron chi connectivity index (χ2n) is 7.79. The van der Waals surface area contributed by atoms with Crippen LogP contribution in [0, 0.1) is 23.2 Å². The lowest BCUT2D eigenvalue weighted by molar-refractivity contribution is -0.191. The molecule has 96 valence electrons. The Morgan fingerprint density at radius 2 is 1.18 bits per heavy atom. The van der Waals surface area contributed by atoms with Crippen LogP contribution in [0.15, 0.2) is 0 Å². The SMILES string of the molecule is OC1(C23CC4CC(CC(C4)C2)C3)CCCCC1. The Kier molecular flexibility index (Phi) is 2.23. The minimum Gasteiger partial charge on any atom is -0.389 e. The highest BCUT2D eigenvalue weighted by atomic mass is 16.3. The molecule has 5 saturated carbocycles. The molecule has 0 aromatic rings. The van der Waals surface area contributed by atoms with Crippen molar-refractivity contribution in [2.75, 3.05) is 0 Å². The van der Waals surface area contributed by atoms with E-state index >= 15 is 0 Å². The number of hydrogen-bond acceptors (Lipinski definition) is 1. The molecule has 5 aliphatic rings. The van der Waals surface area contributed by atoms with Gasteiger partial charge in [0.25, 0.3) is 0 Å². The second kappa shape index (κ2) is 3.50. The minimum atomic E-state index is -0.263. The first-order valence-electron chi connectivity index (χ1n) is 7.92. The van der Waals surface area contributed by atoms with Gasteiger partial charge in [-0.05, 0) is 74.5 Å². The fraction of sp³-hybridized carbons (Fsp3) is 1.00. The topological polar surface area (TPSA) is 20.2 Å². The number of rotatable bonds is 1. The van der Waals surface area contributed by atoms with Crippen LogP contribution in [0.4, 0.5) is 0 Å². The molecule has 5 aliphatic carbocycles. The molecule has 0 unspecified atom stereocenters. The Morgan fingerprint density at radius 3 is 1.65 bits per heavy atom. The average molecular weight is 234 g/mol. The van der Waals surface area contributed by atoms with Gasteiger partial charge in [0, 0.05) is 0 Å². The normalized spacial score (nSPS) is 51.7. The van der Waals surface area contributed by atoms with Crippen LogP contribution >= 0.6 is 0 Å². The van der Waals surface area contributed by atoms with E-state index in [1.54, 1.807) is 0 Å². The predicted molar refractivity (Wildman–Crippen MR) is 68.6 cm³/mol. The van der Waals surface area contributed by atoms with Gasteiger partial charge in [-0.3, -0.25) is 0 Å². The highest BCUT2D eigenvalue weighted by molar-refractivity contribution is 5.10. The third kappa shape index (κ3) is 1.47. The van der Waals surface area contributed by atoms with Gasteiger partial charge in [-0.25, -0.2) is 0 Å². The van der Waals surface area contributed by atoms with E-state index in [1.807, 2.05) is 0 Å². The van der Waals surface area contributed by atoms with Crippen LogP contribution in [0.2, 0.25) is 0 Å². The molecule has 0 aromatic heterocycles. The van der Waals surface area contributed by atoms with Crippen molar-refractivity contribution in [2.24, 2.45) is 23.2 Å². The monoisotopic (exact) mass is 234 g/mol. The van der Waals surface area contributed by atoms with Crippen molar-refractivity contribution >= 4 is 0 Å². The molecule has 0 amide bonds. The summed E-state index contributed by atoms with van der Waals surface area (Å²) in [5.74, 6) is 2.94. The van der Waals surface area contributed by atoms with Crippen molar-refractivity contribution in [3.63, 3.8) is 0 Å². The molecule has 1 nitrogen and oxygen atoms in total. The summed E-state index contributed by atoms with van der Waals surface area (Å²) in [5, 5.41) is 11.2. The van der Waals surface area contributed by atoms with Crippen LogP contribution in [-0.2, 0) is 0 Å². The fourth-order valence-electron chi connectivity index (χ4n) is 6.35. The maximum atomic E-state index is 11.2. The highest BCUT2D eigenvalue weighted by Crippen LogP contribution is 2.65. The van der Waals surface area contributed by atoms with Crippen molar-refractivity contribution in [2.45, 2.75) is 76.2 Å². The number of aliphatic hydroxyl groups is 1. The third-order valence-electron chi connectivity index (χ3n) is 6.71. The molecule has 0 spiro atoms. The van der Waals surface area contributed by atoms with E-state index in [9.17, 15) is 5.11 Å². The lowest BCUT2D eigenvalue weighted by Crippen LogP contribution is -2.58. The summed E-state index contributed by atoms with van der Waals surface area (Å²) in [7, 11) is 0. The Balaban J connectivity index is 1.67. The molecule has 0 atom stereocenters. The predicted octanol–water partition coefficient (Wildman–Crippen LogP) is 3.90. The molecular formula is C16H26O. The van der Waals surface area contributed by atoms with Gasteiger partial charge in [0.15, 0.2) is 0 Å². The first kappa shape index (κ1) is 10.8. The van der Waals surface area contributed by atoms with E-state index < -0.39 is 0 Å². The zero-order valence-corrected chi connectivity index (χ0v) is 11.0. The van der Waals surface area contributed by atoms with Gasteiger partial charge in [-0.2, -0.15) is 0 Å². The van der Waals surface area contributed by atoms with Gasteiger partial charge in [-0.15, -0.1) is 0 Å². The molecule has 0 aromatic carbocycles. The maximum absolute atomic E-state index is 11.2. The third-order valence-corrected chi connectivity index (χ3v) is 6.71. The van der Waals surface area contributed by atoms with Gasteiger partial charge < -0.3 is 5.11 Å². The van der Waals surface area contributed by atoms with Crippen molar-refractivity contribution in [3.8, 4) is 0 Å². The smallest absolute Gasteiger partial charge is 0.0704 e. The zero-order valence-electron chi connectivity index (χ0n) is 11.0. The van der Waals surface area contributed by atoms with Crippen LogP contribution in [0.25, 0.3) is 0 Å². The first-order valence-corrected chi connectivity index (χ1v) is 7.92. The lowest BCUT2D eigenvalue weighted by Gasteiger charge is -2.63. The van der Waals surface area contributed by atoms with Crippen LogP contribution in [-0.4, -0.2) is 10.7 Å². The summed E-state index contributed by atoms with van der Waals surface area (Å²) in [6.07, 6.45) is 14.7. The highest BCUT2D eigenvalue weighted by Gasteiger charge is 2.59. The Morgan fingerprint density at radius 1 is 0.706 bits per heavy atom. The maximum Gasteiger partial charge on any atom is 0.0704 e. The van der Waals surface area contributed by atoms with Gasteiger partial charge in [0.1, 0.15) is 0 Å². The van der Waals surface area contributed by atoms with Crippen LogP contribution < -0.4 is 0 Å². The van der Waals surface area contributed by atoms with Crippen LogP contribution in [0.1, 0.15) is 70.6 Å². The standard InChI is InChI=1S/C16H26O/c17-16(4-2-1-3-5-16)15-9-12-6-13(10-15)8-14(7-12)11-15/h12-14,17H,1-11H2. The molecule has 5 rings (SSSR count). The van der Waals surface area contributed by atoms with Gasteiger partial charge in [0.05, 0.1) is 5.60 Å². The molecule has 1 heteroatoms. The first-order chi connectivity index (χ1) is 8.19. The summed E-state index contributed by atoms with van der Waals surface area (Å²) < 4.78 is 0. The van der Waals surface area contributed by atoms with Crippen molar-refractivity contribution in [1.82, 2.24) is 0 Å². The average Bonchev–Trinajstić information content (AvgIpc) is 2.28. The molecule has 0 heterocycles. The lowest BCUT2D eigenvalue weighted by atomic mass is 9.44. The van der Waals surface area contributed by atoms with Crippen molar-refractivity contribution in [1.29, 1.82) is 0 Å². The largest absolute Gasteiger partial charge is 0.389 e. The van der Waals surface area contributed by atoms with Crippen molar-refractivity contribution < 1.29 is 5.11 Å². The summed E-state index contributed by atoms with van der Waals surface area (Å²) in [4.78, 5) is 0. The summed E-state index contributed by atoms with van der Waals surface area (Å²) in [6.45, 7) is 0.